The highest BCUT2D eigenvalue weighted by molar-refractivity contribution is 9.10. The van der Waals surface area contributed by atoms with E-state index in [4.69, 9.17) is 0 Å². The summed E-state index contributed by atoms with van der Waals surface area (Å²) < 4.78 is 0.802. The van der Waals surface area contributed by atoms with Crippen LogP contribution >= 0.6 is 15.9 Å². The fourth-order valence-corrected chi connectivity index (χ4v) is 2.27. The number of aromatic hydroxyl groups is 1. The maximum absolute atomic E-state index is 12.0. The molecule has 19 heavy (non-hydrogen) atoms. The third kappa shape index (κ3) is 2.13. The molecule has 4 nitrogen and oxygen atoms in total. The van der Waals surface area contributed by atoms with Gasteiger partial charge >= 0.3 is 0 Å². The van der Waals surface area contributed by atoms with Crippen LogP contribution < -0.4 is 5.56 Å². The maximum atomic E-state index is 12.0. The minimum Gasteiger partial charge on any atom is -0.507 e. The summed E-state index contributed by atoms with van der Waals surface area (Å²) in [4.78, 5) is 19.0. The van der Waals surface area contributed by atoms with Crippen molar-refractivity contribution in [3.05, 3.63) is 57.3 Å². The second-order valence-electron chi connectivity index (χ2n) is 4.09. The fourth-order valence-electron chi connectivity index (χ4n) is 1.91. The summed E-state index contributed by atoms with van der Waals surface area (Å²) in [5.74, 6) is 0.420. The molecule has 0 saturated heterocycles. The normalized spacial score (nSPS) is 10.8. The van der Waals surface area contributed by atoms with Crippen molar-refractivity contribution < 1.29 is 5.11 Å². The van der Waals surface area contributed by atoms with E-state index in [1.54, 1.807) is 36.4 Å². The number of benzene rings is 2. The summed E-state index contributed by atoms with van der Waals surface area (Å²) in [7, 11) is 0. The largest absolute Gasteiger partial charge is 0.507 e. The molecule has 0 aliphatic carbocycles. The Morgan fingerprint density at radius 2 is 1.95 bits per heavy atom. The average molecular weight is 317 g/mol. The van der Waals surface area contributed by atoms with Crippen LogP contribution in [0, 0.1) is 0 Å². The van der Waals surface area contributed by atoms with Crippen LogP contribution in [0.25, 0.3) is 22.3 Å². The number of phenols is 1. The molecule has 94 valence electrons. The molecule has 0 bridgehead atoms. The van der Waals surface area contributed by atoms with Crippen molar-refractivity contribution in [1.82, 2.24) is 9.97 Å². The van der Waals surface area contributed by atoms with E-state index in [0.717, 1.165) is 4.47 Å². The number of hydrogen-bond acceptors (Lipinski definition) is 3. The van der Waals surface area contributed by atoms with Crippen LogP contribution in [0.1, 0.15) is 0 Å². The van der Waals surface area contributed by atoms with Crippen molar-refractivity contribution in [2.24, 2.45) is 0 Å². The Morgan fingerprint density at radius 1 is 1.16 bits per heavy atom. The molecular weight excluding hydrogens is 308 g/mol. The van der Waals surface area contributed by atoms with Crippen molar-refractivity contribution in [2.45, 2.75) is 0 Å². The minimum atomic E-state index is -0.222. The Bertz CT molecular complexity index is 827. The van der Waals surface area contributed by atoms with Crippen LogP contribution in [0.5, 0.6) is 5.75 Å². The number of hydrogen-bond donors (Lipinski definition) is 2. The van der Waals surface area contributed by atoms with Gasteiger partial charge in [-0.25, -0.2) is 4.98 Å². The minimum absolute atomic E-state index is 0.0710. The molecule has 0 unspecified atom stereocenters. The number of rotatable bonds is 1. The Balaban J connectivity index is 2.31. The predicted molar refractivity (Wildman–Crippen MR) is 77.2 cm³/mol. The van der Waals surface area contributed by atoms with Gasteiger partial charge in [0.25, 0.3) is 5.56 Å². The molecule has 0 radical (unpaired) electrons. The van der Waals surface area contributed by atoms with E-state index < -0.39 is 0 Å². The lowest BCUT2D eigenvalue weighted by Crippen LogP contribution is -2.09. The van der Waals surface area contributed by atoms with E-state index in [9.17, 15) is 9.90 Å². The zero-order valence-electron chi connectivity index (χ0n) is 9.72. The fraction of sp³-hybridized carbons (Fsp3) is 0. The third-order valence-corrected chi connectivity index (χ3v) is 3.32. The van der Waals surface area contributed by atoms with Gasteiger partial charge in [0.15, 0.2) is 0 Å². The lowest BCUT2D eigenvalue weighted by atomic mass is 10.1. The Morgan fingerprint density at radius 3 is 2.79 bits per heavy atom. The summed E-state index contributed by atoms with van der Waals surface area (Å²) in [5.41, 5.74) is 0.859. The van der Waals surface area contributed by atoms with E-state index in [-0.39, 0.29) is 11.3 Å². The van der Waals surface area contributed by atoms with Gasteiger partial charge in [-0.05, 0) is 30.3 Å². The number of nitrogens with one attached hydrogen (secondary N) is 1. The summed E-state index contributed by atoms with van der Waals surface area (Å²) in [6, 6.07) is 12.1. The monoisotopic (exact) mass is 316 g/mol. The Kier molecular flexibility index (Phi) is 2.83. The van der Waals surface area contributed by atoms with E-state index in [0.29, 0.717) is 22.3 Å². The number of halogens is 1. The molecular formula is C14H9BrN2O2. The predicted octanol–water partition coefficient (Wildman–Crippen LogP) is 3.06. The van der Waals surface area contributed by atoms with Crippen LogP contribution in [0.4, 0.5) is 0 Å². The molecule has 3 rings (SSSR count). The highest BCUT2D eigenvalue weighted by atomic mass is 79.9. The average Bonchev–Trinajstić information content (AvgIpc) is 2.41. The first-order valence-electron chi connectivity index (χ1n) is 5.63. The summed E-state index contributed by atoms with van der Waals surface area (Å²) in [6.07, 6.45) is 0. The molecule has 1 heterocycles. The SMILES string of the molecule is O=c1[nH]c(-c2cc(Br)ccc2O)nc2ccccc12. The molecule has 5 heteroatoms. The number of H-pyrrole nitrogens is 1. The van der Waals surface area contributed by atoms with Crippen molar-refractivity contribution in [1.29, 1.82) is 0 Å². The highest BCUT2D eigenvalue weighted by Gasteiger charge is 2.09. The number of phenolic OH excluding ortho intramolecular Hbond substituents is 1. The van der Waals surface area contributed by atoms with Gasteiger partial charge in [-0.15, -0.1) is 0 Å². The molecule has 0 fully saturated rings. The van der Waals surface area contributed by atoms with E-state index in [1.165, 1.54) is 0 Å². The van der Waals surface area contributed by atoms with Crippen LogP contribution in [0.3, 0.4) is 0 Å². The third-order valence-electron chi connectivity index (χ3n) is 2.83. The number of para-hydroxylation sites is 1. The van der Waals surface area contributed by atoms with Crippen LogP contribution in [0.15, 0.2) is 51.7 Å². The van der Waals surface area contributed by atoms with E-state index >= 15 is 0 Å². The van der Waals surface area contributed by atoms with Crippen LogP contribution in [-0.4, -0.2) is 15.1 Å². The number of aromatic nitrogens is 2. The summed E-state index contributed by atoms with van der Waals surface area (Å²) >= 11 is 3.33. The smallest absolute Gasteiger partial charge is 0.259 e. The van der Waals surface area contributed by atoms with Gasteiger partial charge in [-0.1, -0.05) is 28.1 Å². The van der Waals surface area contributed by atoms with Gasteiger partial charge in [-0.2, -0.15) is 0 Å². The van der Waals surface area contributed by atoms with Gasteiger partial charge in [0.2, 0.25) is 0 Å². The zero-order chi connectivity index (χ0) is 13.4. The van der Waals surface area contributed by atoms with Gasteiger partial charge < -0.3 is 10.1 Å². The molecule has 0 aliphatic rings. The second kappa shape index (κ2) is 4.51. The Hall–Kier alpha value is -2.14. The topological polar surface area (TPSA) is 66.0 Å². The van der Waals surface area contributed by atoms with Gasteiger partial charge in [0.05, 0.1) is 16.5 Å². The molecule has 0 saturated carbocycles. The van der Waals surface area contributed by atoms with Crippen LogP contribution in [0.2, 0.25) is 0 Å². The molecule has 3 aromatic rings. The van der Waals surface area contributed by atoms with Gasteiger partial charge in [0, 0.05) is 4.47 Å². The quantitative estimate of drug-likeness (QED) is 0.725. The van der Waals surface area contributed by atoms with Crippen molar-refractivity contribution in [3.8, 4) is 17.1 Å². The molecule has 0 atom stereocenters. The van der Waals surface area contributed by atoms with Crippen molar-refractivity contribution in [2.75, 3.05) is 0 Å². The number of fused-ring (bicyclic) bond motifs is 1. The number of aromatic amines is 1. The van der Waals surface area contributed by atoms with Crippen LogP contribution in [-0.2, 0) is 0 Å². The lowest BCUT2D eigenvalue weighted by molar-refractivity contribution is 0.477. The zero-order valence-corrected chi connectivity index (χ0v) is 11.3. The number of nitrogens with zero attached hydrogens (tertiary/aromatic N) is 1. The van der Waals surface area contributed by atoms with E-state index in [1.807, 2.05) is 6.07 Å². The molecule has 1 aromatic heterocycles. The molecule has 2 aromatic carbocycles. The molecule has 0 amide bonds. The molecule has 0 aliphatic heterocycles. The molecule has 2 N–H and O–H groups in total. The van der Waals surface area contributed by atoms with Gasteiger partial charge in [-0.3, -0.25) is 4.79 Å². The first-order chi connectivity index (χ1) is 9.15. The van der Waals surface area contributed by atoms with E-state index in [2.05, 4.69) is 25.9 Å². The highest BCUT2D eigenvalue weighted by Crippen LogP contribution is 2.29. The summed E-state index contributed by atoms with van der Waals surface area (Å²) in [5, 5.41) is 10.4. The van der Waals surface area contributed by atoms with Crippen molar-refractivity contribution in [3.63, 3.8) is 0 Å². The van der Waals surface area contributed by atoms with Gasteiger partial charge in [0.1, 0.15) is 11.6 Å². The van der Waals surface area contributed by atoms with Crippen molar-refractivity contribution >= 4 is 26.8 Å². The molecule has 0 spiro atoms. The Labute approximate surface area is 116 Å². The lowest BCUT2D eigenvalue weighted by Gasteiger charge is -2.05. The first kappa shape index (κ1) is 11.9. The first-order valence-corrected chi connectivity index (χ1v) is 6.42. The maximum Gasteiger partial charge on any atom is 0.259 e. The second-order valence-corrected chi connectivity index (χ2v) is 5.01. The standard InChI is InChI=1S/C14H9BrN2O2/c15-8-5-6-12(18)10(7-8)13-16-11-4-2-1-3-9(11)14(19)17-13/h1-7,18H,(H,16,17,19). The summed E-state index contributed by atoms with van der Waals surface area (Å²) in [6.45, 7) is 0.